The van der Waals surface area contributed by atoms with Gasteiger partial charge in [0.2, 0.25) is 5.91 Å². The SMILES string of the molecule is Cc1ccccc1CN(C)C(=O)Cc1csc(NC(=O)c2cccs2)n1. The minimum atomic E-state index is -0.177. The number of hydrogen-bond donors (Lipinski definition) is 1. The van der Waals surface area contributed by atoms with Gasteiger partial charge in [-0.05, 0) is 29.5 Å². The quantitative estimate of drug-likeness (QED) is 0.698. The van der Waals surface area contributed by atoms with Crippen LogP contribution in [0.25, 0.3) is 0 Å². The smallest absolute Gasteiger partial charge is 0.267 e. The zero-order chi connectivity index (χ0) is 18.5. The summed E-state index contributed by atoms with van der Waals surface area (Å²) >= 11 is 2.70. The number of hydrogen-bond acceptors (Lipinski definition) is 5. The van der Waals surface area contributed by atoms with E-state index in [1.807, 2.05) is 48.0 Å². The maximum absolute atomic E-state index is 12.5. The summed E-state index contributed by atoms with van der Waals surface area (Å²) in [5.74, 6) is -0.182. The lowest BCUT2D eigenvalue weighted by molar-refractivity contribution is -0.129. The summed E-state index contributed by atoms with van der Waals surface area (Å²) in [6.45, 7) is 2.61. The molecule has 0 aliphatic rings. The van der Waals surface area contributed by atoms with Crippen molar-refractivity contribution >= 4 is 39.6 Å². The molecule has 0 spiro atoms. The van der Waals surface area contributed by atoms with Crippen LogP contribution >= 0.6 is 22.7 Å². The number of nitrogens with zero attached hydrogens (tertiary/aromatic N) is 2. The van der Waals surface area contributed by atoms with Gasteiger partial charge in [0.25, 0.3) is 5.91 Å². The third kappa shape index (κ3) is 4.56. The predicted molar refractivity (Wildman–Crippen MR) is 106 cm³/mol. The number of likely N-dealkylation sites (N-methyl/N-ethyl adjacent to an activating group) is 1. The normalized spacial score (nSPS) is 10.5. The van der Waals surface area contributed by atoms with Gasteiger partial charge in [-0.25, -0.2) is 4.98 Å². The highest BCUT2D eigenvalue weighted by molar-refractivity contribution is 7.14. The molecule has 1 N–H and O–H groups in total. The number of carbonyl (C=O) groups excluding carboxylic acids is 2. The zero-order valence-corrected chi connectivity index (χ0v) is 16.2. The largest absolute Gasteiger partial charge is 0.341 e. The van der Waals surface area contributed by atoms with E-state index in [9.17, 15) is 9.59 Å². The Kier molecular flexibility index (Phi) is 5.80. The van der Waals surface area contributed by atoms with Gasteiger partial charge in [0.05, 0.1) is 17.0 Å². The first-order chi connectivity index (χ1) is 12.5. The Balaban J connectivity index is 1.57. The van der Waals surface area contributed by atoms with Crippen molar-refractivity contribution in [3.05, 3.63) is 68.9 Å². The second-order valence-corrected chi connectivity index (χ2v) is 7.73. The van der Waals surface area contributed by atoms with Crippen molar-refractivity contribution in [1.29, 1.82) is 0 Å². The van der Waals surface area contributed by atoms with Gasteiger partial charge in [-0.1, -0.05) is 30.3 Å². The van der Waals surface area contributed by atoms with E-state index in [0.29, 0.717) is 22.2 Å². The molecule has 2 heterocycles. The number of anilines is 1. The van der Waals surface area contributed by atoms with E-state index in [-0.39, 0.29) is 18.2 Å². The van der Waals surface area contributed by atoms with Crippen LogP contribution in [0.3, 0.4) is 0 Å². The summed E-state index contributed by atoms with van der Waals surface area (Å²) in [6.07, 6.45) is 0.216. The van der Waals surface area contributed by atoms with Crippen molar-refractivity contribution in [3.63, 3.8) is 0 Å². The molecular formula is C19H19N3O2S2. The highest BCUT2D eigenvalue weighted by Gasteiger charge is 2.15. The van der Waals surface area contributed by atoms with E-state index in [4.69, 9.17) is 0 Å². The Morgan fingerprint density at radius 2 is 1.96 bits per heavy atom. The molecule has 0 bridgehead atoms. The summed E-state index contributed by atoms with van der Waals surface area (Å²) < 4.78 is 0. The van der Waals surface area contributed by atoms with Crippen LogP contribution in [-0.4, -0.2) is 28.7 Å². The third-order valence-corrected chi connectivity index (χ3v) is 5.62. The van der Waals surface area contributed by atoms with Gasteiger partial charge in [-0.3, -0.25) is 14.9 Å². The van der Waals surface area contributed by atoms with E-state index >= 15 is 0 Å². The predicted octanol–water partition coefficient (Wildman–Crippen LogP) is 3.97. The van der Waals surface area contributed by atoms with Gasteiger partial charge in [0.1, 0.15) is 0 Å². The number of amides is 2. The Labute approximate surface area is 160 Å². The fourth-order valence-corrected chi connectivity index (χ4v) is 3.76. The van der Waals surface area contributed by atoms with Crippen LogP contribution in [0.1, 0.15) is 26.5 Å². The molecule has 0 aliphatic heterocycles. The van der Waals surface area contributed by atoms with Gasteiger partial charge in [0.15, 0.2) is 5.13 Å². The molecule has 7 heteroatoms. The first-order valence-corrected chi connectivity index (χ1v) is 9.86. The van der Waals surface area contributed by atoms with E-state index in [1.54, 1.807) is 18.0 Å². The number of aromatic nitrogens is 1. The second-order valence-electron chi connectivity index (χ2n) is 5.93. The average Bonchev–Trinajstić information content (AvgIpc) is 3.29. The van der Waals surface area contributed by atoms with Gasteiger partial charge < -0.3 is 4.90 Å². The summed E-state index contributed by atoms with van der Waals surface area (Å²) in [5.41, 5.74) is 2.96. The first-order valence-electron chi connectivity index (χ1n) is 8.10. The van der Waals surface area contributed by atoms with Crippen molar-refractivity contribution in [2.75, 3.05) is 12.4 Å². The second kappa shape index (κ2) is 8.25. The lowest BCUT2D eigenvalue weighted by atomic mass is 10.1. The standard InChI is InChI=1S/C19H19N3O2S2/c1-13-6-3-4-7-14(13)11-22(2)17(23)10-15-12-26-19(20-15)21-18(24)16-8-5-9-25-16/h3-9,12H,10-11H2,1-2H3,(H,20,21,24). The molecule has 134 valence electrons. The third-order valence-electron chi connectivity index (χ3n) is 3.94. The first kappa shape index (κ1) is 18.3. The van der Waals surface area contributed by atoms with Crippen LogP contribution in [0.5, 0.6) is 0 Å². The molecule has 2 aromatic heterocycles. The molecule has 2 amide bonds. The maximum Gasteiger partial charge on any atom is 0.267 e. The molecule has 0 unspecified atom stereocenters. The van der Waals surface area contributed by atoms with Crippen LogP contribution in [0.2, 0.25) is 0 Å². The summed E-state index contributed by atoms with van der Waals surface area (Å²) in [4.78, 5) is 31.2. The van der Waals surface area contributed by atoms with Crippen molar-refractivity contribution in [2.24, 2.45) is 0 Å². The highest BCUT2D eigenvalue weighted by Crippen LogP contribution is 2.19. The van der Waals surface area contributed by atoms with Crippen LogP contribution in [0.4, 0.5) is 5.13 Å². The Morgan fingerprint density at radius 3 is 2.69 bits per heavy atom. The van der Waals surface area contributed by atoms with Crippen LogP contribution in [0.15, 0.2) is 47.2 Å². The van der Waals surface area contributed by atoms with Gasteiger partial charge in [-0.2, -0.15) is 0 Å². The van der Waals surface area contributed by atoms with Crippen LogP contribution in [-0.2, 0) is 17.8 Å². The molecule has 3 rings (SSSR count). The average molecular weight is 386 g/mol. The van der Waals surface area contributed by atoms with Crippen LogP contribution < -0.4 is 5.32 Å². The number of nitrogens with one attached hydrogen (secondary N) is 1. The maximum atomic E-state index is 12.5. The Morgan fingerprint density at radius 1 is 1.15 bits per heavy atom. The minimum Gasteiger partial charge on any atom is -0.341 e. The number of carbonyl (C=O) groups is 2. The molecule has 0 saturated carbocycles. The van der Waals surface area contributed by atoms with Gasteiger partial charge in [-0.15, -0.1) is 22.7 Å². The summed E-state index contributed by atoms with van der Waals surface area (Å²) in [6, 6.07) is 11.6. The van der Waals surface area contributed by atoms with Gasteiger partial charge >= 0.3 is 0 Å². The van der Waals surface area contributed by atoms with Crippen LogP contribution in [0, 0.1) is 6.92 Å². The molecule has 0 saturated heterocycles. The fraction of sp³-hybridized carbons (Fsp3) is 0.211. The highest BCUT2D eigenvalue weighted by atomic mass is 32.1. The number of thiophene rings is 1. The van der Waals surface area contributed by atoms with Crippen molar-refractivity contribution < 1.29 is 9.59 Å². The van der Waals surface area contributed by atoms with Crippen molar-refractivity contribution in [1.82, 2.24) is 9.88 Å². The monoisotopic (exact) mass is 385 g/mol. The zero-order valence-electron chi connectivity index (χ0n) is 14.6. The van der Waals surface area contributed by atoms with E-state index in [0.717, 1.165) is 5.56 Å². The molecule has 0 fully saturated rings. The molecule has 3 aromatic rings. The van der Waals surface area contributed by atoms with E-state index in [2.05, 4.69) is 10.3 Å². The molecule has 0 atom stereocenters. The molecule has 0 aliphatic carbocycles. The molecular weight excluding hydrogens is 366 g/mol. The molecule has 1 aromatic carbocycles. The van der Waals surface area contributed by atoms with Crippen molar-refractivity contribution in [3.8, 4) is 0 Å². The molecule has 0 radical (unpaired) electrons. The summed E-state index contributed by atoms with van der Waals surface area (Å²) in [7, 11) is 1.79. The number of thiazole rings is 1. The van der Waals surface area contributed by atoms with Crippen molar-refractivity contribution in [2.45, 2.75) is 19.9 Å². The van der Waals surface area contributed by atoms with E-state index in [1.165, 1.54) is 28.2 Å². The number of benzene rings is 1. The Bertz CT molecular complexity index is 903. The molecule has 26 heavy (non-hydrogen) atoms. The minimum absolute atomic E-state index is 0.00492. The van der Waals surface area contributed by atoms with Gasteiger partial charge in [0, 0.05) is 19.0 Å². The lowest BCUT2D eigenvalue weighted by Gasteiger charge is -2.18. The molecule has 5 nitrogen and oxygen atoms in total. The fourth-order valence-electron chi connectivity index (χ4n) is 2.43. The topological polar surface area (TPSA) is 62.3 Å². The Hall–Kier alpha value is -2.51. The van der Waals surface area contributed by atoms with E-state index < -0.39 is 0 Å². The number of aryl methyl sites for hydroxylation is 1. The summed E-state index contributed by atoms with van der Waals surface area (Å²) in [5, 5.41) is 6.94. The lowest BCUT2D eigenvalue weighted by Crippen LogP contribution is -2.28. The number of rotatable bonds is 6.